The molecule has 2 heterocycles. The average molecular weight is 466 g/mol. The van der Waals surface area contributed by atoms with E-state index in [9.17, 15) is 4.79 Å². The molecule has 0 bridgehead atoms. The Balaban J connectivity index is 1.55. The largest absolute Gasteiger partial charge is 0.497 e. The second-order valence-electron chi connectivity index (χ2n) is 8.26. The topological polar surface area (TPSA) is 54.0 Å². The van der Waals surface area contributed by atoms with Crippen LogP contribution in [0.5, 0.6) is 5.75 Å². The highest BCUT2D eigenvalue weighted by molar-refractivity contribution is 7.18. The Morgan fingerprint density at radius 3 is 2.58 bits per heavy atom. The van der Waals surface area contributed by atoms with E-state index in [0.717, 1.165) is 45.4 Å². The molecule has 1 atom stereocenters. The Hall–Kier alpha value is -2.87. The van der Waals surface area contributed by atoms with Crippen LogP contribution in [0.25, 0.3) is 11.1 Å². The Morgan fingerprint density at radius 1 is 1.12 bits per heavy atom. The molecule has 174 valence electrons. The third kappa shape index (κ3) is 5.55. The Kier molecular flexibility index (Phi) is 7.65. The molecule has 1 amide bonds. The van der Waals surface area contributed by atoms with Gasteiger partial charge in [0.25, 0.3) is 5.91 Å². The van der Waals surface area contributed by atoms with Crippen molar-refractivity contribution in [2.24, 2.45) is 0 Å². The number of methoxy groups -OCH3 is 1. The van der Waals surface area contributed by atoms with E-state index in [4.69, 9.17) is 9.47 Å². The quantitative estimate of drug-likeness (QED) is 0.538. The molecular formula is C26H31N3O3S. The first-order valence-corrected chi connectivity index (χ1v) is 12.0. The molecule has 0 spiro atoms. The van der Waals surface area contributed by atoms with E-state index in [1.165, 1.54) is 0 Å². The molecule has 0 radical (unpaired) electrons. The summed E-state index contributed by atoms with van der Waals surface area (Å²) in [5.74, 6) is 0.762. The maximum Gasteiger partial charge on any atom is 0.261 e. The molecule has 1 aliphatic rings. The number of nitrogens with zero attached hydrogens (tertiary/aromatic N) is 2. The van der Waals surface area contributed by atoms with Crippen LogP contribution in [0.4, 0.5) is 5.00 Å². The number of ether oxygens (including phenoxy) is 2. The van der Waals surface area contributed by atoms with Crippen molar-refractivity contribution in [3.8, 4) is 16.9 Å². The van der Waals surface area contributed by atoms with Gasteiger partial charge in [-0.25, -0.2) is 0 Å². The first kappa shape index (κ1) is 23.3. The fraction of sp³-hybridized carbons (Fsp3) is 0.346. The fourth-order valence-corrected chi connectivity index (χ4v) is 5.19. The molecule has 7 heteroatoms. The molecule has 33 heavy (non-hydrogen) atoms. The summed E-state index contributed by atoms with van der Waals surface area (Å²) < 4.78 is 10.9. The maximum atomic E-state index is 13.2. The zero-order chi connectivity index (χ0) is 23.2. The van der Waals surface area contributed by atoms with Gasteiger partial charge in [0.2, 0.25) is 0 Å². The van der Waals surface area contributed by atoms with Gasteiger partial charge in [-0.1, -0.05) is 42.5 Å². The van der Waals surface area contributed by atoms with Crippen molar-refractivity contribution in [3.05, 3.63) is 71.1 Å². The number of amides is 1. The maximum absolute atomic E-state index is 13.2. The third-order valence-electron chi connectivity index (χ3n) is 5.88. The number of benzene rings is 2. The van der Waals surface area contributed by atoms with Crippen molar-refractivity contribution in [3.63, 3.8) is 0 Å². The lowest BCUT2D eigenvalue weighted by atomic mass is 10.1. The van der Waals surface area contributed by atoms with Crippen LogP contribution in [0, 0.1) is 0 Å². The van der Waals surface area contributed by atoms with E-state index in [0.29, 0.717) is 19.8 Å². The van der Waals surface area contributed by atoms with Crippen molar-refractivity contribution in [2.45, 2.75) is 6.04 Å². The predicted octanol–water partition coefficient (Wildman–Crippen LogP) is 4.29. The van der Waals surface area contributed by atoms with E-state index in [-0.39, 0.29) is 11.9 Å². The van der Waals surface area contributed by atoms with Crippen molar-refractivity contribution in [2.75, 3.05) is 59.0 Å². The minimum Gasteiger partial charge on any atom is -0.497 e. The van der Waals surface area contributed by atoms with Crippen molar-refractivity contribution < 1.29 is 14.3 Å². The lowest BCUT2D eigenvalue weighted by Gasteiger charge is -2.28. The number of likely N-dealkylation sites (N-methyl/N-ethyl adjacent to an activating group) is 1. The van der Waals surface area contributed by atoms with E-state index in [1.54, 1.807) is 18.4 Å². The van der Waals surface area contributed by atoms with Gasteiger partial charge in [-0.15, -0.1) is 11.3 Å². The van der Waals surface area contributed by atoms with Crippen molar-refractivity contribution in [1.29, 1.82) is 0 Å². The van der Waals surface area contributed by atoms with Crippen LogP contribution in [-0.4, -0.2) is 64.9 Å². The zero-order valence-electron chi connectivity index (χ0n) is 19.4. The summed E-state index contributed by atoms with van der Waals surface area (Å²) in [6, 6.07) is 20.3. The molecular weight excluding hydrogens is 434 g/mol. The minimum atomic E-state index is -0.0496. The Labute approximate surface area is 199 Å². The molecule has 1 unspecified atom stereocenters. The standard InChI is InChI=1S/C26H31N3O3S/c1-28(2)23(20-10-7-11-21(16-20)31-3)18-27-25(30)24-17-22(19-8-5-4-6-9-19)26(33-24)29-12-14-32-15-13-29/h4-11,16-17,23H,12-15,18H2,1-3H3,(H,27,30). The van der Waals surface area contributed by atoms with Crippen LogP contribution in [0.2, 0.25) is 0 Å². The van der Waals surface area contributed by atoms with Gasteiger partial charge in [-0.3, -0.25) is 4.79 Å². The van der Waals surface area contributed by atoms with Crippen molar-refractivity contribution in [1.82, 2.24) is 10.2 Å². The molecule has 6 nitrogen and oxygen atoms in total. The first-order valence-electron chi connectivity index (χ1n) is 11.2. The second kappa shape index (κ2) is 10.8. The monoisotopic (exact) mass is 465 g/mol. The highest BCUT2D eigenvalue weighted by Crippen LogP contribution is 2.39. The molecule has 3 aromatic rings. The highest BCUT2D eigenvalue weighted by atomic mass is 32.1. The van der Waals surface area contributed by atoms with E-state index in [1.807, 2.05) is 56.6 Å². The summed E-state index contributed by atoms with van der Waals surface area (Å²) in [4.78, 5) is 18.4. The molecule has 0 aliphatic carbocycles. The van der Waals surface area contributed by atoms with E-state index < -0.39 is 0 Å². The molecule has 0 saturated carbocycles. The van der Waals surface area contributed by atoms with Crippen LogP contribution in [0.15, 0.2) is 60.7 Å². The number of hydrogen-bond acceptors (Lipinski definition) is 6. The number of thiophene rings is 1. The lowest BCUT2D eigenvalue weighted by Crippen LogP contribution is -2.36. The summed E-state index contributed by atoms with van der Waals surface area (Å²) in [6.45, 7) is 3.59. The van der Waals surface area contributed by atoms with Gasteiger partial charge in [0.05, 0.1) is 36.2 Å². The smallest absolute Gasteiger partial charge is 0.261 e. The lowest BCUT2D eigenvalue weighted by molar-refractivity contribution is 0.0946. The zero-order valence-corrected chi connectivity index (χ0v) is 20.2. The highest BCUT2D eigenvalue weighted by Gasteiger charge is 2.23. The number of hydrogen-bond donors (Lipinski definition) is 1. The minimum absolute atomic E-state index is 0.0383. The SMILES string of the molecule is COc1cccc(C(CNC(=O)c2cc(-c3ccccc3)c(N3CCOCC3)s2)N(C)C)c1. The van der Waals surface area contributed by atoms with Gasteiger partial charge < -0.3 is 24.6 Å². The van der Waals surface area contributed by atoms with Gasteiger partial charge in [0, 0.05) is 25.2 Å². The molecule has 1 N–H and O–H groups in total. The van der Waals surface area contributed by atoms with Crippen molar-refractivity contribution >= 4 is 22.2 Å². The Morgan fingerprint density at radius 2 is 1.88 bits per heavy atom. The van der Waals surface area contributed by atoms with Gasteiger partial charge in [0.1, 0.15) is 5.75 Å². The van der Waals surface area contributed by atoms with Gasteiger partial charge in [-0.05, 0) is 43.4 Å². The summed E-state index contributed by atoms with van der Waals surface area (Å²) in [5.41, 5.74) is 3.33. The summed E-state index contributed by atoms with van der Waals surface area (Å²) in [7, 11) is 5.70. The predicted molar refractivity (Wildman–Crippen MR) is 135 cm³/mol. The van der Waals surface area contributed by atoms with E-state index in [2.05, 4.69) is 33.3 Å². The van der Waals surface area contributed by atoms with Crippen LogP contribution in [0.3, 0.4) is 0 Å². The van der Waals surface area contributed by atoms with Gasteiger partial charge in [-0.2, -0.15) is 0 Å². The van der Waals surface area contributed by atoms with Crippen LogP contribution in [0.1, 0.15) is 21.3 Å². The van der Waals surface area contributed by atoms with E-state index >= 15 is 0 Å². The molecule has 1 aliphatic heterocycles. The number of carbonyl (C=O) groups is 1. The number of morpholine rings is 1. The number of nitrogens with one attached hydrogen (secondary N) is 1. The number of anilines is 1. The van der Waals surface area contributed by atoms with Gasteiger partial charge >= 0.3 is 0 Å². The molecule has 2 aromatic carbocycles. The molecule has 4 rings (SSSR count). The first-order chi connectivity index (χ1) is 16.1. The third-order valence-corrected chi connectivity index (χ3v) is 7.07. The Bertz CT molecular complexity index is 1060. The number of carbonyl (C=O) groups excluding carboxylic acids is 1. The fourth-order valence-electron chi connectivity index (χ4n) is 4.04. The molecule has 1 fully saturated rings. The average Bonchev–Trinajstić information content (AvgIpc) is 3.31. The van der Waals surface area contributed by atoms with Crippen LogP contribution in [-0.2, 0) is 4.74 Å². The number of rotatable bonds is 8. The van der Waals surface area contributed by atoms with Crippen LogP contribution >= 0.6 is 11.3 Å². The normalized spacial score (nSPS) is 14.8. The molecule has 1 saturated heterocycles. The second-order valence-corrected chi connectivity index (χ2v) is 9.29. The summed E-state index contributed by atoms with van der Waals surface area (Å²) >= 11 is 1.56. The molecule has 1 aromatic heterocycles. The van der Waals surface area contributed by atoms with Crippen LogP contribution < -0.4 is 15.0 Å². The van der Waals surface area contributed by atoms with Gasteiger partial charge in [0.15, 0.2) is 0 Å². The summed E-state index contributed by atoms with van der Waals surface area (Å²) in [6.07, 6.45) is 0. The summed E-state index contributed by atoms with van der Waals surface area (Å²) in [5, 5.41) is 4.29.